The average molecular weight is 189 g/mol. The van der Waals surface area contributed by atoms with Crippen LogP contribution in [0.25, 0.3) is 0 Å². The zero-order valence-electron chi connectivity index (χ0n) is 6.82. The molecular weight excluding hydrogens is 178 g/mol. The van der Waals surface area contributed by atoms with E-state index in [0.717, 1.165) is 0 Å². The molecule has 0 aromatic heterocycles. The zero-order valence-corrected chi connectivity index (χ0v) is 6.82. The van der Waals surface area contributed by atoms with E-state index in [1.807, 2.05) is 0 Å². The summed E-state index contributed by atoms with van der Waals surface area (Å²) in [5.74, 6) is -0.994. The summed E-state index contributed by atoms with van der Waals surface area (Å²) in [4.78, 5) is 26.5. The second-order valence-corrected chi connectivity index (χ2v) is 2.63. The van der Waals surface area contributed by atoms with Crippen molar-refractivity contribution in [1.82, 2.24) is 10.8 Å². The second kappa shape index (κ2) is 4.17. The normalized spacial score (nSPS) is 23.8. The lowest BCUT2D eigenvalue weighted by Crippen LogP contribution is -2.50. The molecule has 1 aliphatic heterocycles. The summed E-state index contributed by atoms with van der Waals surface area (Å²) < 4.78 is 0. The minimum atomic E-state index is -1.01. The summed E-state index contributed by atoms with van der Waals surface area (Å²) in [5.41, 5.74) is 7.28. The molecule has 1 saturated heterocycles. The Kier molecular flexibility index (Phi) is 3.18. The molecule has 1 fully saturated rings. The maximum Gasteiger partial charge on any atom is 0.268 e. The lowest BCUT2D eigenvalue weighted by Gasteiger charge is -2.11. The van der Waals surface area contributed by atoms with Crippen molar-refractivity contribution in [1.29, 1.82) is 0 Å². The topological polar surface area (TPSA) is 114 Å². The van der Waals surface area contributed by atoms with Crippen molar-refractivity contribution in [3.63, 3.8) is 0 Å². The smallest absolute Gasteiger partial charge is 0.268 e. The molecule has 7 nitrogen and oxygen atoms in total. The van der Waals surface area contributed by atoms with Gasteiger partial charge in [0.25, 0.3) is 5.91 Å². The van der Waals surface area contributed by atoms with Crippen LogP contribution < -0.4 is 16.5 Å². The highest BCUT2D eigenvalue weighted by Crippen LogP contribution is 1.94. The van der Waals surface area contributed by atoms with Gasteiger partial charge < -0.3 is 16.2 Å². The van der Waals surface area contributed by atoms with E-state index in [2.05, 4.69) is 15.6 Å². The minimum Gasteiger partial charge on any atom is -0.394 e. The molecule has 0 bridgehead atoms. The van der Waals surface area contributed by atoms with Gasteiger partial charge in [0, 0.05) is 0 Å². The second-order valence-electron chi connectivity index (χ2n) is 2.63. The van der Waals surface area contributed by atoms with Gasteiger partial charge in [-0.25, -0.2) is 5.48 Å². The van der Waals surface area contributed by atoms with Gasteiger partial charge in [-0.2, -0.15) is 0 Å². The number of carbonyl (C=O) groups excluding carboxylic acids is 2. The number of carbonyl (C=O) groups is 2. The summed E-state index contributed by atoms with van der Waals surface area (Å²) in [7, 11) is 0. The van der Waals surface area contributed by atoms with E-state index in [4.69, 9.17) is 10.8 Å². The molecule has 74 valence electrons. The summed E-state index contributed by atoms with van der Waals surface area (Å²) in [6.45, 7) is -0.385. The Morgan fingerprint density at radius 1 is 1.92 bits per heavy atom. The molecule has 5 N–H and O–H groups in total. The van der Waals surface area contributed by atoms with E-state index in [9.17, 15) is 9.59 Å². The standard InChI is InChI=1S/C6H11N3O4/c7-3(1-10)5(11)8-4-2-13-9-6(4)12/h3-4,10H,1-2,7H2,(H,8,11)(H,9,12). The number of hydrogen-bond donors (Lipinski definition) is 4. The first-order chi connectivity index (χ1) is 6.15. The summed E-state index contributed by atoms with van der Waals surface area (Å²) in [6, 6.07) is -1.72. The van der Waals surface area contributed by atoms with Crippen molar-refractivity contribution in [2.24, 2.45) is 5.73 Å². The molecule has 0 aromatic rings. The fourth-order valence-electron chi connectivity index (χ4n) is 0.812. The maximum atomic E-state index is 11.0. The molecule has 7 heteroatoms. The lowest BCUT2D eigenvalue weighted by molar-refractivity contribution is -0.129. The molecule has 2 unspecified atom stereocenters. The van der Waals surface area contributed by atoms with Gasteiger partial charge in [-0.15, -0.1) is 0 Å². The van der Waals surface area contributed by atoms with Crippen LogP contribution in [0.3, 0.4) is 0 Å². The summed E-state index contributed by atoms with van der Waals surface area (Å²) >= 11 is 0. The molecule has 0 aliphatic carbocycles. The molecule has 2 amide bonds. The first kappa shape index (κ1) is 9.90. The average Bonchev–Trinajstić information content (AvgIpc) is 2.50. The third-order valence-electron chi connectivity index (χ3n) is 1.59. The number of amides is 2. The highest BCUT2D eigenvalue weighted by molar-refractivity contribution is 5.90. The van der Waals surface area contributed by atoms with Gasteiger partial charge in [-0.3, -0.25) is 14.4 Å². The Labute approximate surface area is 74.2 Å². The fraction of sp³-hybridized carbons (Fsp3) is 0.667. The molecule has 13 heavy (non-hydrogen) atoms. The molecule has 0 aromatic carbocycles. The van der Waals surface area contributed by atoms with Crippen molar-refractivity contribution in [2.45, 2.75) is 12.1 Å². The predicted molar refractivity (Wildman–Crippen MR) is 41.1 cm³/mol. The number of aliphatic hydroxyl groups is 1. The maximum absolute atomic E-state index is 11.0. The predicted octanol–water partition coefficient (Wildman–Crippen LogP) is -3.15. The van der Waals surface area contributed by atoms with Crippen LogP contribution in [-0.4, -0.2) is 42.2 Å². The van der Waals surface area contributed by atoms with Crippen LogP contribution in [0.1, 0.15) is 0 Å². The van der Waals surface area contributed by atoms with Crippen molar-refractivity contribution >= 4 is 11.8 Å². The van der Waals surface area contributed by atoms with E-state index in [0.29, 0.717) is 0 Å². The molecular formula is C6H11N3O4. The Hall–Kier alpha value is -1.18. The van der Waals surface area contributed by atoms with E-state index < -0.39 is 30.5 Å². The molecule has 1 rings (SSSR count). The van der Waals surface area contributed by atoms with Crippen LogP contribution in [-0.2, 0) is 14.4 Å². The SMILES string of the molecule is NC(CO)C(=O)NC1CONC1=O. The third-order valence-corrected chi connectivity index (χ3v) is 1.59. The van der Waals surface area contributed by atoms with Gasteiger partial charge in [0.2, 0.25) is 5.91 Å². The first-order valence-corrected chi connectivity index (χ1v) is 3.73. The number of rotatable bonds is 3. The molecule has 0 spiro atoms. The minimum absolute atomic E-state index is 0.0721. The highest BCUT2D eigenvalue weighted by Gasteiger charge is 2.28. The largest absolute Gasteiger partial charge is 0.394 e. The Balaban J connectivity index is 2.39. The van der Waals surface area contributed by atoms with Crippen LogP contribution in [0.4, 0.5) is 0 Å². The van der Waals surface area contributed by atoms with E-state index in [1.54, 1.807) is 0 Å². The summed E-state index contributed by atoms with van der Waals surface area (Å²) in [5, 5.41) is 10.8. The Bertz CT molecular complexity index is 220. The number of nitrogens with one attached hydrogen (secondary N) is 2. The van der Waals surface area contributed by atoms with E-state index in [1.165, 1.54) is 0 Å². The van der Waals surface area contributed by atoms with Gasteiger partial charge in [-0.1, -0.05) is 0 Å². The quantitative estimate of drug-likeness (QED) is 0.374. The molecule has 1 aliphatic rings. The number of hydroxylamine groups is 1. The van der Waals surface area contributed by atoms with Gasteiger partial charge >= 0.3 is 0 Å². The van der Waals surface area contributed by atoms with Crippen molar-refractivity contribution in [3.8, 4) is 0 Å². The monoisotopic (exact) mass is 189 g/mol. The van der Waals surface area contributed by atoms with E-state index >= 15 is 0 Å². The van der Waals surface area contributed by atoms with Gasteiger partial charge in [0.05, 0.1) is 6.61 Å². The van der Waals surface area contributed by atoms with Crippen molar-refractivity contribution in [3.05, 3.63) is 0 Å². The van der Waals surface area contributed by atoms with Crippen LogP contribution in [0, 0.1) is 0 Å². The first-order valence-electron chi connectivity index (χ1n) is 3.73. The van der Waals surface area contributed by atoms with Gasteiger partial charge in [0.15, 0.2) is 0 Å². The molecule has 0 saturated carbocycles. The molecule has 2 atom stereocenters. The van der Waals surface area contributed by atoms with Crippen LogP contribution in [0.5, 0.6) is 0 Å². The van der Waals surface area contributed by atoms with Crippen molar-refractivity contribution < 1.29 is 19.5 Å². The highest BCUT2D eigenvalue weighted by atomic mass is 16.7. The van der Waals surface area contributed by atoms with Crippen LogP contribution in [0.15, 0.2) is 0 Å². The van der Waals surface area contributed by atoms with Crippen LogP contribution in [0.2, 0.25) is 0 Å². The number of hydrogen-bond acceptors (Lipinski definition) is 5. The van der Waals surface area contributed by atoms with E-state index in [-0.39, 0.29) is 6.61 Å². The third kappa shape index (κ3) is 2.38. The van der Waals surface area contributed by atoms with Crippen LogP contribution >= 0.6 is 0 Å². The van der Waals surface area contributed by atoms with Gasteiger partial charge in [-0.05, 0) is 0 Å². The summed E-state index contributed by atoms with van der Waals surface area (Å²) in [6.07, 6.45) is 0. The molecule has 1 heterocycles. The number of aliphatic hydroxyl groups excluding tert-OH is 1. The van der Waals surface area contributed by atoms with Gasteiger partial charge in [0.1, 0.15) is 18.7 Å². The lowest BCUT2D eigenvalue weighted by atomic mass is 10.2. The molecule has 0 radical (unpaired) electrons. The number of nitrogens with two attached hydrogens (primary N) is 1. The fourth-order valence-corrected chi connectivity index (χ4v) is 0.812. The Morgan fingerprint density at radius 2 is 2.62 bits per heavy atom. The Morgan fingerprint density at radius 3 is 3.08 bits per heavy atom. The van der Waals surface area contributed by atoms with Crippen molar-refractivity contribution in [2.75, 3.05) is 13.2 Å². The zero-order chi connectivity index (χ0) is 9.84.